The molecule has 0 radical (unpaired) electrons. The van der Waals surface area contributed by atoms with Crippen molar-refractivity contribution in [1.29, 1.82) is 0 Å². The van der Waals surface area contributed by atoms with Crippen LogP contribution in [-0.2, 0) is 14.8 Å². The highest BCUT2D eigenvalue weighted by atomic mass is 32.2. The first-order valence-electron chi connectivity index (χ1n) is 9.77. The first kappa shape index (κ1) is 22.9. The van der Waals surface area contributed by atoms with E-state index < -0.39 is 16.1 Å². The minimum absolute atomic E-state index is 0.231. The molecule has 29 heavy (non-hydrogen) atoms. The zero-order valence-corrected chi connectivity index (χ0v) is 19.4. The Hall–Kier alpha value is -2.34. The van der Waals surface area contributed by atoms with E-state index in [1.54, 1.807) is 19.1 Å². The topological polar surface area (TPSA) is 66.5 Å². The highest BCUT2D eigenvalue weighted by molar-refractivity contribution is 7.92. The smallest absolute Gasteiger partial charge is 0.244 e. The van der Waals surface area contributed by atoms with Gasteiger partial charge < -0.3 is 5.32 Å². The highest BCUT2D eigenvalue weighted by Crippen LogP contribution is 2.25. The predicted molar refractivity (Wildman–Crippen MR) is 120 cm³/mol. The fourth-order valence-corrected chi connectivity index (χ4v) is 4.70. The van der Waals surface area contributed by atoms with Gasteiger partial charge in [0.05, 0.1) is 18.0 Å². The standard InChI is InChI=1S/C23H32N2O3S/c1-14-9-10-21(12-16(14)3)25(29(8,27)28)20(7)23(26)24-19(6)22-13-17(4)15(2)11-18(22)5/h9-13,19-20H,1-8H3,(H,24,26)/t19-,20+/m1/s1. The second kappa shape index (κ2) is 8.57. The molecule has 0 unspecified atom stereocenters. The van der Waals surface area contributed by atoms with Crippen LogP contribution >= 0.6 is 0 Å². The number of hydrogen-bond acceptors (Lipinski definition) is 3. The van der Waals surface area contributed by atoms with Crippen molar-refractivity contribution < 1.29 is 13.2 Å². The van der Waals surface area contributed by atoms with Crippen molar-refractivity contribution in [2.24, 2.45) is 0 Å². The van der Waals surface area contributed by atoms with Crippen LogP contribution in [0.2, 0.25) is 0 Å². The zero-order valence-electron chi connectivity index (χ0n) is 18.6. The predicted octanol–water partition coefficient (Wildman–Crippen LogP) is 4.26. The van der Waals surface area contributed by atoms with Crippen LogP contribution in [0.5, 0.6) is 0 Å². The lowest BCUT2D eigenvalue weighted by atomic mass is 9.96. The van der Waals surface area contributed by atoms with E-state index in [9.17, 15) is 13.2 Å². The first-order chi connectivity index (χ1) is 13.3. The van der Waals surface area contributed by atoms with Gasteiger partial charge in [-0.1, -0.05) is 18.2 Å². The van der Waals surface area contributed by atoms with Crippen LogP contribution in [0.4, 0.5) is 5.69 Å². The molecular weight excluding hydrogens is 384 g/mol. The van der Waals surface area contributed by atoms with E-state index in [-0.39, 0.29) is 11.9 Å². The van der Waals surface area contributed by atoms with Gasteiger partial charge in [0.1, 0.15) is 6.04 Å². The molecule has 1 N–H and O–H groups in total. The van der Waals surface area contributed by atoms with Gasteiger partial charge in [-0.05, 0) is 94.0 Å². The molecule has 0 heterocycles. The zero-order chi connectivity index (χ0) is 22.1. The molecule has 2 aromatic carbocycles. The molecule has 6 heteroatoms. The average Bonchev–Trinajstić information content (AvgIpc) is 2.59. The van der Waals surface area contributed by atoms with Crippen LogP contribution in [0.3, 0.4) is 0 Å². The number of nitrogens with zero attached hydrogens (tertiary/aromatic N) is 1. The molecule has 0 saturated heterocycles. The molecule has 0 aromatic heterocycles. The molecule has 0 saturated carbocycles. The summed E-state index contributed by atoms with van der Waals surface area (Å²) in [5.74, 6) is -0.334. The van der Waals surface area contributed by atoms with Crippen LogP contribution < -0.4 is 9.62 Å². The van der Waals surface area contributed by atoms with Gasteiger partial charge in [0.15, 0.2) is 0 Å². The Balaban J connectivity index is 2.32. The maximum atomic E-state index is 13.0. The Bertz CT molecular complexity index is 1030. The van der Waals surface area contributed by atoms with Gasteiger partial charge in [0, 0.05) is 0 Å². The van der Waals surface area contributed by atoms with E-state index in [1.807, 2.05) is 40.7 Å². The lowest BCUT2D eigenvalue weighted by Gasteiger charge is -2.30. The minimum Gasteiger partial charge on any atom is -0.348 e. The maximum absolute atomic E-state index is 13.0. The molecule has 0 fully saturated rings. The van der Waals surface area contributed by atoms with Gasteiger partial charge in [-0.3, -0.25) is 9.10 Å². The number of carbonyl (C=O) groups excluding carboxylic acids is 1. The van der Waals surface area contributed by atoms with Crippen molar-refractivity contribution in [3.05, 3.63) is 63.7 Å². The number of anilines is 1. The third-order valence-corrected chi connectivity index (χ3v) is 6.78. The molecule has 158 valence electrons. The van der Waals surface area contributed by atoms with Crippen molar-refractivity contribution in [2.45, 2.75) is 60.5 Å². The summed E-state index contributed by atoms with van der Waals surface area (Å²) in [7, 11) is -3.64. The fourth-order valence-electron chi connectivity index (χ4n) is 3.53. The summed E-state index contributed by atoms with van der Waals surface area (Å²) in [5, 5.41) is 2.99. The Kier molecular flexibility index (Phi) is 6.78. The summed E-state index contributed by atoms with van der Waals surface area (Å²) in [6.07, 6.45) is 1.13. The summed E-state index contributed by atoms with van der Waals surface area (Å²) in [5.41, 5.74) is 7.03. The number of hydrogen-bond donors (Lipinski definition) is 1. The molecule has 2 aromatic rings. The third kappa shape index (κ3) is 5.18. The first-order valence-corrected chi connectivity index (χ1v) is 11.6. The molecule has 1 amide bonds. The average molecular weight is 417 g/mol. The molecule has 0 aliphatic heterocycles. The number of aryl methyl sites for hydroxylation is 5. The van der Waals surface area contributed by atoms with E-state index in [2.05, 4.69) is 24.4 Å². The number of nitrogens with one attached hydrogen (secondary N) is 1. The maximum Gasteiger partial charge on any atom is 0.244 e. The number of amides is 1. The SMILES string of the molecule is Cc1ccc(N([C@@H](C)C(=O)N[C@H](C)c2cc(C)c(C)cc2C)S(C)(=O)=O)cc1C. The molecule has 0 aliphatic rings. The third-order valence-electron chi connectivity index (χ3n) is 5.54. The molecule has 0 aliphatic carbocycles. The number of rotatable bonds is 6. The molecule has 0 bridgehead atoms. The van der Waals surface area contributed by atoms with E-state index in [0.29, 0.717) is 5.69 Å². The normalized spacial score (nSPS) is 13.7. The van der Waals surface area contributed by atoms with Crippen molar-refractivity contribution in [1.82, 2.24) is 5.32 Å². The lowest BCUT2D eigenvalue weighted by molar-refractivity contribution is -0.122. The number of sulfonamides is 1. The van der Waals surface area contributed by atoms with Crippen LogP contribution in [0, 0.1) is 34.6 Å². The van der Waals surface area contributed by atoms with Gasteiger partial charge >= 0.3 is 0 Å². The van der Waals surface area contributed by atoms with Crippen LogP contribution in [0.15, 0.2) is 30.3 Å². The summed E-state index contributed by atoms with van der Waals surface area (Å²) < 4.78 is 26.2. The minimum atomic E-state index is -3.64. The monoisotopic (exact) mass is 416 g/mol. The van der Waals surface area contributed by atoms with Gasteiger partial charge in [0.2, 0.25) is 15.9 Å². The molecule has 5 nitrogen and oxygen atoms in total. The summed E-state index contributed by atoms with van der Waals surface area (Å²) in [6, 6.07) is 8.49. The summed E-state index contributed by atoms with van der Waals surface area (Å²) in [4.78, 5) is 13.0. The van der Waals surface area contributed by atoms with Crippen molar-refractivity contribution >= 4 is 21.6 Å². The largest absolute Gasteiger partial charge is 0.348 e. The van der Waals surface area contributed by atoms with Crippen LogP contribution in [0.1, 0.15) is 53.3 Å². The Morgan fingerprint density at radius 2 is 1.41 bits per heavy atom. The van der Waals surface area contributed by atoms with E-state index in [4.69, 9.17) is 0 Å². The Morgan fingerprint density at radius 3 is 1.97 bits per heavy atom. The van der Waals surface area contributed by atoms with Crippen molar-refractivity contribution in [3.63, 3.8) is 0 Å². The van der Waals surface area contributed by atoms with Crippen molar-refractivity contribution in [3.8, 4) is 0 Å². The number of carbonyl (C=O) groups is 1. The van der Waals surface area contributed by atoms with Crippen LogP contribution in [-0.4, -0.2) is 26.6 Å². The van der Waals surface area contributed by atoms with E-state index in [1.165, 1.54) is 9.87 Å². The second-order valence-corrected chi connectivity index (χ2v) is 9.89. The van der Waals surface area contributed by atoms with Gasteiger partial charge in [0.25, 0.3) is 0 Å². The molecular formula is C23H32N2O3S. The van der Waals surface area contributed by atoms with Crippen molar-refractivity contribution in [2.75, 3.05) is 10.6 Å². The fraction of sp³-hybridized carbons (Fsp3) is 0.435. The lowest BCUT2D eigenvalue weighted by Crippen LogP contribution is -2.48. The molecule has 2 atom stereocenters. The van der Waals surface area contributed by atoms with Gasteiger partial charge in [-0.15, -0.1) is 0 Å². The second-order valence-electron chi connectivity index (χ2n) is 8.03. The number of benzene rings is 2. The molecule has 2 rings (SSSR count). The highest BCUT2D eigenvalue weighted by Gasteiger charge is 2.30. The Morgan fingerprint density at radius 1 is 0.862 bits per heavy atom. The van der Waals surface area contributed by atoms with Crippen LogP contribution in [0.25, 0.3) is 0 Å². The summed E-state index contributed by atoms with van der Waals surface area (Å²) >= 11 is 0. The van der Waals surface area contributed by atoms with E-state index >= 15 is 0 Å². The quantitative estimate of drug-likeness (QED) is 0.765. The molecule has 0 spiro atoms. The Labute approximate surface area is 175 Å². The summed E-state index contributed by atoms with van der Waals surface area (Å²) in [6.45, 7) is 13.5. The van der Waals surface area contributed by atoms with Gasteiger partial charge in [-0.25, -0.2) is 8.42 Å². The van der Waals surface area contributed by atoms with Gasteiger partial charge in [-0.2, -0.15) is 0 Å². The van der Waals surface area contributed by atoms with E-state index in [0.717, 1.165) is 34.1 Å².